The van der Waals surface area contributed by atoms with E-state index in [1.54, 1.807) is 0 Å². The van der Waals surface area contributed by atoms with Crippen LogP contribution in [0.2, 0.25) is 0 Å². The Morgan fingerprint density at radius 2 is 1.80 bits per heavy atom. The zero-order valence-electron chi connectivity index (χ0n) is 11.1. The lowest BCUT2D eigenvalue weighted by atomic mass is 10.1. The number of pyridine rings is 1. The van der Waals surface area contributed by atoms with Crippen molar-refractivity contribution in [3.05, 3.63) is 65.9 Å². The van der Waals surface area contributed by atoms with Gasteiger partial charge in [-0.2, -0.15) is 0 Å². The van der Waals surface area contributed by atoms with Gasteiger partial charge in [0.2, 0.25) is 5.88 Å². The Labute approximate surface area is 123 Å². The number of hydrogen-bond acceptors (Lipinski definition) is 2. The van der Waals surface area contributed by atoms with Crippen LogP contribution >= 0.6 is 11.6 Å². The fourth-order valence-electron chi connectivity index (χ4n) is 2.12. The Morgan fingerprint density at radius 1 is 1.00 bits per heavy atom. The minimum atomic E-state index is 0.467. The van der Waals surface area contributed by atoms with Crippen LogP contribution in [0.3, 0.4) is 0 Å². The molecule has 3 rings (SSSR count). The summed E-state index contributed by atoms with van der Waals surface area (Å²) in [7, 11) is 0. The van der Waals surface area contributed by atoms with Crippen molar-refractivity contribution in [2.24, 2.45) is 0 Å². The number of fused-ring (bicyclic) bond motifs is 1. The summed E-state index contributed by atoms with van der Waals surface area (Å²) < 4.78 is 5.81. The summed E-state index contributed by atoms with van der Waals surface area (Å²) in [6.07, 6.45) is 0. The topological polar surface area (TPSA) is 22.1 Å². The van der Waals surface area contributed by atoms with Crippen LogP contribution in [-0.2, 0) is 5.88 Å². The first-order valence-electron chi connectivity index (χ1n) is 6.45. The molecule has 0 spiro atoms. The molecule has 0 unspecified atom stereocenters. The Bertz CT molecular complexity index is 755. The number of halogens is 1. The fraction of sp³-hybridized carbons (Fsp3) is 0.118. The molecule has 100 valence electrons. The van der Waals surface area contributed by atoms with Crippen LogP contribution in [0.25, 0.3) is 10.8 Å². The highest BCUT2D eigenvalue weighted by atomic mass is 35.5. The van der Waals surface area contributed by atoms with Crippen molar-refractivity contribution in [1.29, 1.82) is 0 Å². The number of ether oxygens (including phenoxy) is 1. The molecule has 0 bridgehead atoms. The minimum absolute atomic E-state index is 0.467. The van der Waals surface area contributed by atoms with Gasteiger partial charge in [0.05, 0.1) is 0 Å². The predicted octanol–water partition coefficient (Wildman–Crippen LogP) is 5.07. The van der Waals surface area contributed by atoms with Gasteiger partial charge in [-0.25, -0.2) is 4.98 Å². The molecule has 2 aromatic carbocycles. The van der Waals surface area contributed by atoms with Crippen molar-refractivity contribution in [3.63, 3.8) is 0 Å². The average molecular weight is 284 g/mol. The van der Waals surface area contributed by atoms with Gasteiger partial charge < -0.3 is 4.74 Å². The predicted molar refractivity (Wildman–Crippen MR) is 82.6 cm³/mol. The van der Waals surface area contributed by atoms with Crippen LogP contribution in [0.5, 0.6) is 11.6 Å². The molecule has 0 saturated carbocycles. The Balaban J connectivity index is 1.90. The number of benzene rings is 2. The number of hydrogen-bond donors (Lipinski definition) is 0. The quantitative estimate of drug-likeness (QED) is 0.626. The highest BCUT2D eigenvalue weighted by molar-refractivity contribution is 6.17. The lowest BCUT2D eigenvalue weighted by molar-refractivity contribution is 0.462. The molecule has 0 amide bonds. The molecule has 0 saturated heterocycles. The van der Waals surface area contributed by atoms with E-state index in [-0.39, 0.29) is 0 Å². The van der Waals surface area contributed by atoms with Crippen LogP contribution in [0, 0.1) is 6.92 Å². The second-order valence-electron chi connectivity index (χ2n) is 4.64. The molecule has 0 radical (unpaired) electrons. The van der Waals surface area contributed by atoms with E-state index in [0.717, 1.165) is 22.4 Å². The first-order valence-corrected chi connectivity index (χ1v) is 6.99. The maximum atomic E-state index is 5.83. The van der Waals surface area contributed by atoms with Gasteiger partial charge in [-0.1, -0.05) is 36.4 Å². The first kappa shape index (κ1) is 12.9. The summed E-state index contributed by atoms with van der Waals surface area (Å²) in [6.45, 7) is 1.94. The lowest BCUT2D eigenvalue weighted by Crippen LogP contribution is -1.93. The van der Waals surface area contributed by atoms with Gasteiger partial charge in [0.15, 0.2) is 0 Å². The zero-order valence-corrected chi connectivity index (χ0v) is 11.9. The van der Waals surface area contributed by atoms with Crippen molar-refractivity contribution in [2.45, 2.75) is 12.8 Å². The van der Waals surface area contributed by atoms with E-state index in [2.05, 4.69) is 17.1 Å². The molecule has 0 aliphatic carbocycles. The van der Waals surface area contributed by atoms with Gasteiger partial charge in [0, 0.05) is 17.6 Å². The Morgan fingerprint density at radius 3 is 2.55 bits per heavy atom. The number of aromatic nitrogens is 1. The average Bonchev–Trinajstić information content (AvgIpc) is 2.47. The van der Waals surface area contributed by atoms with E-state index in [1.807, 2.05) is 49.4 Å². The molecule has 0 fully saturated rings. The second-order valence-corrected chi connectivity index (χ2v) is 4.91. The smallest absolute Gasteiger partial charge is 0.219 e. The minimum Gasteiger partial charge on any atom is -0.439 e. The van der Waals surface area contributed by atoms with E-state index >= 15 is 0 Å². The van der Waals surface area contributed by atoms with E-state index < -0.39 is 0 Å². The van der Waals surface area contributed by atoms with Gasteiger partial charge >= 0.3 is 0 Å². The van der Waals surface area contributed by atoms with Crippen molar-refractivity contribution >= 4 is 22.4 Å². The first-order chi connectivity index (χ1) is 9.76. The highest BCUT2D eigenvalue weighted by Crippen LogP contribution is 2.25. The molecular formula is C17H14ClNO. The summed E-state index contributed by atoms with van der Waals surface area (Å²) in [5.41, 5.74) is 1.93. The molecule has 1 heterocycles. The van der Waals surface area contributed by atoms with Crippen LogP contribution in [0.15, 0.2) is 54.6 Å². The molecule has 0 aliphatic heterocycles. The summed E-state index contributed by atoms with van der Waals surface area (Å²) >= 11 is 5.83. The fourth-order valence-corrected chi connectivity index (χ4v) is 2.40. The van der Waals surface area contributed by atoms with E-state index in [1.165, 1.54) is 5.39 Å². The van der Waals surface area contributed by atoms with Gasteiger partial charge in [-0.3, -0.25) is 0 Å². The molecule has 0 N–H and O–H groups in total. The summed E-state index contributed by atoms with van der Waals surface area (Å²) in [5, 5.41) is 2.35. The van der Waals surface area contributed by atoms with E-state index in [9.17, 15) is 0 Å². The Hall–Kier alpha value is -2.06. The summed E-state index contributed by atoms with van der Waals surface area (Å²) in [5.74, 6) is 1.84. The molecule has 20 heavy (non-hydrogen) atoms. The third-order valence-electron chi connectivity index (χ3n) is 3.26. The second kappa shape index (κ2) is 5.51. The third-order valence-corrected chi connectivity index (χ3v) is 3.54. The summed E-state index contributed by atoms with van der Waals surface area (Å²) in [6, 6.07) is 18.0. The largest absolute Gasteiger partial charge is 0.439 e. The standard InChI is InChI=1S/C17H14ClNO/c1-12-15(11-18)7-9-17(19-12)20-16-8-6-13-4-2-3-5-14(13)10-16/h2-10H,11H2,1H3. The zero-order chi connectivity index (χ0) is 13.9. The molecule has 0 atom stereocenters. The molecule has 3 aromatic rings. The molecule has 1 aromatic heterocycles. The third kappa shape index (κ3) is 2.61. The molecule has 0 aliphatic rings. The van der Waals surface area contributed by atoms with E-state index in [4.69, 9.17) is 16.3 Å². The van der Waals surface area contributed by atoms with Crippen molar-refractivity contribution in [1.82, 2.24) is 4.98 Å². The lowest BCUT2D eigenvalue weighted by Gasteiger charge is -2.08. The molecule has 3 heteroatoms. The monoisotopic (exact) mass is 283 g/mol. The number of rotatable bonds is 3. The number of alkyl halides is 1. The van der Waals surface area contributed by atoms with Crippen LogP contribution < -0.4 is 4.74 Å². The summed E-state index contributed by atoms with van der Waals surface area (Å²) in [4.78, 5) is 4.41. The van der Waals surface area contributed by atoms with Gasteiger partial charge in [0.1, 0.15) is 5.75 Å². The number of aryl methyl sites for hydroxylation is 1. The van der Waals surface area contributed by atoms with Crippen LogP contribution in [-0.4, -0.2) is 4.98 Å². The van der Waals surface area contributed by atoms with Crippen molar-refractivity contribution in [3.8, 4) is 11.6 Å². The maximum absolute atomic E-state index is 5.83. The Kier molecular flexibility index (Phi) is 3.57. The number of nitrogens with zero attached hydrogens (tertiary/aromatic N) is 1. The van der Waals surface area contributed by atoms with Gasteiger partial charge in [0.25, 0.3) is 0 Å². The highest BCUT2D eigenvalue weighted by Gasteiger charge is 2.04. The molecular weight excluding hydrogens is 270 g/mol. The van der Waals surface area contributed by atoms with Crippen LogP contribution in [0.4, 0.5) is 0 Å². The normalized spacial score (nSPS) is 10.7. The maximum Gasteiger partial charge on any atom is 0.219 e. The van der Waals surface area contributed by atoms with Gasteiger partial charge in [-0.05, 0) is 35.4 Å². The van der Waals surface area contributed by atoms with Crippen LogP contribution in [0.1, 0.15) is 11.3 Å². The van der Waals surface area contributed by atoms with Crippen molar-refractivity contribution in [2.75, 3.05) is 0 Å². The van der Waals surface area contributed by atoms with Gasteiger partial charge in [-0.15, -0.1) is 11.6 Å². The van der Waals surface area contributed by atoms with Crippen molar-refractivity contribution < 1.29 is 4.74 Å². The molecule has 2 nitrogen and oxygen atoms in total. The SMILES string of the molecule is Cc1nc(Oc2ccc3ccccc3c2)ccc1CCl. The van der Waals surface area contributed by atoms with E-state index in [0.29, 0.717) is 11.8 Å².